The first-order valence-corrected chi connectivity index (χ1v) is 9.57. The van der Waals surface area contributed by atoms with Gasteiger partial charge in [0.05, 0.1) is 5.39 Å². The molecule has 3 aromatic heterocycles. The number of alkyl halides is 3. The lowest BCUT2D eigenvalue weighted by atomic mass is 10.2. The minimum absolute atomic E-state index is 0.144. The van der Waals surface area contributed by atoms with E-state index in [0.29, 0.717) is 15.4 Å². The first-order chi connectivity index (χ1) is 11.3. The first kappa shape index (κ1) is 16.1. The summed E-state index contributed by atoms with van der Waals surface area (Å²) in [4.78, 5) is 22.6. The maximum absolute atomic E-state index is 12.7. The van der Waals surface area contributed by atoms with E-state index in [9.17, 15) is 18.0 Å². The van der Waals surface area contributed by atoms with Crippen molar-refractivity contribution < 1.29 is 13.2 Å². The van der Waals surface area contributed by atoms with Crippen LogP contribution < -0.4 is 5.56 Å². The number of hydrogen-bond acceptors (Lipinski definition) is 6. The van der Waals surface area contributed by atoms with E-state index >= 15 is 0 Å². The van der Waals surface area contributed by atoms with Gasteiger partial charge in [-0.05, 0) is 36.6 Å². The monoisotopic (exact) mass is 389 g/mol. The Kier molecular flexibility index (Phi) is 3.73. The molecular formula is C14H10F3N3OS3. The molecular weight excluding hydrogens is 379 g/mol. The van der Waals surface area contributed by atoms with E-state index in [4.69, 9.17) is 0 Å². The zero-order valence-corrected chi connectivity index (χ0v) is 14.8. The molecule has 0 saturated carbocycles. The van der Waals surface area contributed by atoms with Crippen LogP contribution in [-0.4, -0.2) is 14.5 Å². The zero-order chi connectivity index (χ0) is 17.1. The quantitative estimate of drug-likeness (QED) is 0.619. The molecule has 1 aliphatic carbocycles. The Hall–Kier alpha value is -1.39. The molecule has 0 atom stereocenters. The second-order valence-corrected chi connectivity index (χ2v) is 8.55. The van der Waals surface area contributed by atoms with Gasteiger partial charge in [0.2, 0.25) is 0 Å². The van der Waals surface area contributed by atoms with Crippen LogP contribution in [0.25, 0.3) is 10.2 Å². The summed E-state index contributed by atoms with van der Waals surface area (Å²) in [5.41, 5.74) is 0.0268. The fourth-order valence-corrected chi connectivity index (χ4v) is 5.79. The molecule has 0 unspecified atom stereocenters. The zero-order valence-electron chi connectivity index (χ0n) is 12.3. The van der Waals surface area contributed by atoms with Crippen molar-refractivity contribution in [3.63, 3.8) is 0 Å². The van der Waals surface area contributed by atoms with Crippen LogP contribution in [-0.2, 0) is 26.1 Å². The molecule has 126 valence electrons. The van der Waals surface area contributed by atoms with E-state index in [1.807, 2.05) is 0 Å². The molecule has 0 bridgehead atoms. The number of halogens is 3. The third-order valence-corrected chi connectivity index (χ3v) is 7.03. The van der Waals surface area contributed by atoms with Crippen molar-refractivity contribution in [2.45, 2.75) is 34.9 Å². The number of thiophene rings is 1. The van der Waals surface area contributed by atoms with Crippen LogP contribution in [0.15, 0.2) is 19.7 Å². The van der Waals surface area contributed by atoms with Crippen molar-refractivity contribution in [1.29, 1.82) is 0 Å². The lowest BCUT2D eigenvalue weighted by Crippen LogP contribution is -2.20. The lowest BCUT2D eigenvalue weighted by Gasteiger charge is -2.06. The largest absolute Gasteiger partial charge is 0.434 e. The van der Waals surface area contributed by atoms with Crippen LogP contribution >= 0.6 is 34.4 Å². The molecule has 0 N–H and O–H groups in total. The van der Waals surface area contributed by atoms with Crippen LogP contribution in [0, 0.1) is 0 Å². The Morgan fingerprint density at radius 3 is 2.79 bits per heavy atom. The van der Waals surface area contributed by atoms with Crippen molar-refractivity contribution in [2.75, 3.05) is 0 Å². The van der Waals surface area contributed by atoms with Crippen LogP contribution in [0.5, 0.6) is 0 Å². The van der Waals surface area contributed by atoms with Crippen molar-refractivity contribution in [3.05, 3.63) is 31.9 Å². The van der Waals surface area contributed by atoms with E-state index in [2.05, 4.69) is 9.97 Å². The van der Waals surface area contributed by atoms with E-state index in [1.165, 1.54) is 20.8 Å². The van der Waals surface area contributed by atoms with Gasteiger partial charge in [0.25, 0.3) is 5.56 Å². The molecule has 10 heteroatoms. The summed E-state index contributed by atoms with van der Waals surface area (Å²) in [7, 11) is 1.59. The second-order valence-electron chi connectivity index (χ2n) is 5.39. The predicted molar refractivity (Wildman–Crippen MR) is 88.1 cm³/mol. The van der Waals surface area contributed by atoms with Crippen LogP contribution in [0.1, 0.15) is 22.6 Å². The predicted octanol–water partition coefficient (Wildman–Crippen LogP) is 4.11. The molecule has 0 radical (unpaired) electrons. The third-order valence-electron chi connectivity index (χ3n) is 3.86. The highest BCUT2D eigenvalue weighted by Crippen LogP contribution is 2.38. The standard InChI is InChI=1S/C14H10F3N3OS3/c1-20-11(21)9-6-3-2-4-7(6)23-10(9)19-12(20)24-13-18-8(5-22-13)14(15,16)17/h5H,2-4H2,1H3. The maximum atomic E-state index is 12.7. The molecule has 0 aromatic carbocycles. The highest BCUT2D eigenvalue weighted by Gasteiger charge is 2.34. The average Bonchev–Trinajstić information content (AvgIpc) is 3.18. The van der Waals surface area contributed by atoms with E-state index < -0.39 is 11.9 Å². The number of aromatic nitrogens is 3. The molecule has 1 aliphatic rings. The first-order valence-electron chi connectivity index (χ1n) is 7.06. The van der Waals surface area contributed by atoms with Crippen molar-refractivity contribution in [2.24, 2.45) is 7.05 Å². The van der Waals surface area contributed by atoms with Crippen LogP contribution in [0.4, 0.5) is 13.2 Å². The number of nitrogens with zero attached hydrogens (tertiary/aromatic N) is 3. The van der Waals surface area contributed by atoms with Crippen LogP contribution in [0.2, 0.25) is 0 Å². The van der Waals surface area contributed by atoms with Gasteiger partial charge in [0.15, 0.2) is 15.2 Å². The Bertz CT molecular complexity index is 1000. The van der Waals surface area contributed by atoms with Gasteiger partial charge in [-0.2, -0.15) is 13.2 Å². The number of thiazole rings is 1. The van der Waals surface area contributed by atoms with Gasteiger partial charge >= 0.3 is 6.18 Å². The van der Waals surface area contributed by atoms with Crippen molar-refractivity contribution in [1.82, 2.24) is 14.5 Å². The van der Waals surface area contributed by atoms with Gasteiger partial charge in [-0.3, -0.25) is 9.36 Å². The second kappa shape index (κ2) is 5.57. The van der Waals surface area contributed by atoms with E-state index in [0.717, 1.165) is 53.3 Å². The van der Waals surface area contributed by atoms with Gasteiger partial charge in [-0.25, -0.2) is 9.97 Å². The van der Waals surface area contributed by atoms with Crippen LogP contribution in [0.3, 0.4) is 0 Å². The fraction of sp³-hybridized carbons (Fsp3) is 0.357. The molecule has 24 heavy (non-hydrogen) atoms. The molecule has 0 amide bonds. The Morgan fingerprint density at radius 2 is 2.08 bits per heavy atom. The minimum atomic E-state index is -4.47. The molecule has 4 rings (SSSR count). The maximum Gasteiger partial charge on any atom is 0.434 e. The topological polar surface area (TPSA) is 47.8 Å². The van der Waals surface area contributed by atoms with Gasteiger partial charge in [0, 0.05) is 17.3 Å². The summed E-state index contributed by atoms with van der Waals surface area (Å²) in [6, 6.07) is 0. The smallest absolute Gasteiger partial charge is 0.290 e. The SMILES string of the molecule is Cn1c(Sc2nc(C(F)(F)F)cs2)nc2sc3c(c2c1=O)CCC3. The average molecular weight is 389 g/mol. The summed E-state index contributed by atoms with van der Waals surface area (Å²) in [6.45, 7) is 0. The molecule has 4 nitrogen and oxygen atoms in total. The molecule has 0 saturated heterocycles. The summed E-state index contributed by atoms with van der Waals surface area (Å²) < 4.78 is 39.6. The molecule has 3 heterocycles. The van der Waals surface area contributed by atoms with Gasteiger partial charge < -0.3 is 0 Å². The Balaban J connectivity index is 1.76. The summed E-state index contributed by atoms with van der Waals surface area (Å²) in [5, 5.41) is 1.99. The van der Waals surface area contributed by atoms with Gasteiger partial charge in [-0.15, -0.1) is 22.7 Å². The molecule has 0 aliphatic heterocycles. The normalized spacial score (nSPS) is 14.5. The summed E-state index contributed by atoms with van der Waals surface area (Å²) >= 11 is 3.39. The molecule has 3 aromatic rings. The number of fused-ring (bicyclic) bond motifs is 3. The Morgan fingerprint density at radius 1 is 1.29 bits per heavy atom. The van der Waals surface area contributed by atoms with E-state index in [1.54, 1.807) is 7.05 Å². The van der Waals surface area contributed by atoms with E-state index in [-0.39, 0.29) is 9.90 Å². The fourth-order valence-electron chi connectivity index (χ4n) is 2.71. The summed E-state index contributed by atoms with van der Waals surface area (Å²) in [5.74, 6) is 0. The van der Waals surface area contributed by atoms with Gasteiger partial charge in [-0.1, -0.05) is 0 Å². The Labute approximate surface area is 146 Å². The number of rotatable bonds is 2. The summed E-state index contributed by atoms with van der Waals surface area (Å²) in [6.07, 6.45) is -1.56. The van der Waals surface area contributed by atoms with Gasteiger partial charge in [0.1, 0.15) is 4.83 Å². The highest BCUT2D eigenvalue weighted by molar-refractivity contribution is 8.00. The lowest BCUT2D eigenvalue weighted by molar-refractivity contribution is -0.141. The molecule has 0 fully saturated rings. The number of hydrogen-bond donors (Lipinski definition) is 0. The van der Waals surface area contributed by atoms with Crippen molar-refractivity contribution in [3.8, 4) is 0 Å². The highest BCUT2D eigenvalue weighted by atomic mass is 32.2. The molecule has 0 spiro atoms. The number of aryl methyl sites for hydroxylation is 2. The van der Waals surface area contributed by atoms with Crippen molar-refractivity contribution >= 4 is 44.7 Å². The minimum Gasteiger partial charge on any atom is -0.290 e. The third kappa shape index (κ3) is 2.56.